The number of rotatable bonds is 2. The van der Waals surface area contributed by atoms with E-state index in [1.54, 1.807) is 20.8 Å². The molecule has 0 bridgehead atoms. The van der Waals surface area contributed by atoms with Crippen LogP contribution in [0.4, 0.5) is 14.9 Å². The molecule has 0 saturated heterocycles. The Bertz CT molecular complexity index is 525. The number of amides is 1. The van der Waals surface area contributed by atoms with Crippen LogP contribution in [-0.2, 0) is 4.74 Å². The first-order chi connectivity index (χ1) is 8.60. The van der Waals surface area contributed by atoms with Crippen molar-refractivity contribution in [1.82, 2.24) is 0 Å². The molecule has 1 aromatic carbocycles. The molecule has 0 fully saturated rings. The molecule has 0 atom stereocenters. The minimum Gasteiger partial charge on any atom is -0.478 e. The van der Waals surface area contributed by atoms with Crippen LogP contribution >= 0.6 is 15.9 Å². The molecule has 0 heterocycles. The minimum absolute atomic E-state index is 0.00773. The Morgan fingerprint density at radius 3 is 2.42 bits per heavy atom. The summed E-state index contributed by atoms with van der Waals surface area (Å²) in [4.78, 5) is 22.4. The van der Waals surface area contributed by atoms with E-state index in [4.69, 9.17) is 9.84 Å². The molecule has 1 rings (SSSR count). The monoisotopic (exact) mass is 333 g/mol. The Morgan fingerprint density at radius 2 is 1.95 bits per heavy atom. The van der Waals surface area contributed by atoms with Crippen LogP contribution in [-0.4, -0.2) is 22.8 Å². The molecule has 7 heteroatoms. The molecule has 104 valence electrons. The molecule has 0 unspecified atom stereocenters. The third-order valence-corrected chi connectivity index (χ3v) is 2.72. The van der Waals surface area contributed by atoms with Crippen molar-refractivity contribution >= 4 is 33.7 Å². The predicted molar refractivity (Wildman–Crippen MR) is 70.9 cm³/mol. The smallest absolute Gasteiger partial charge is 0.412 e. The highest BCUT2D eigenvalue weighted by Crippen LogP contribution is 2.28. The number of carbonyl (C=O) groups excluding carboxylic acids is 1. The summed E-state index contributed by atoms with van der Waals surface area (Å²) < 4.78 is 18.4. The quantitative estimate of drug-likeness (QED) is 0.866. The third kappa shape index (κ3) is 4.51. The molecule has 0 aliphatic carbocycles. The standard InChI is InChI=1S/C12H13BrFNO4/c1-12(2,3)19-11(18)15-8-5-6(10(16)17)4-7(14)9(8)13/h4-5H,1-3H3,(H,15,18)(H,16,17). The number of carboxylic acid groups (broad SMARTS) is 1. The third-order valence-electron chi connectivity index (χ3n) is 1.91. The minimum atomic E-state index is -1.29. The van der Waals surface area contributed by atoms with Crippen LogP contribution in [0.25, 0.3) is 0 Å². The van der Waals surface area contributed by atoms with Gasteiger partial charge in [-0.1, -0.05) is 0 Å². The van der Waals surface area contributed by atoms with Gasteiger partial charge in [0, 0.05) is 0 Å². The summed E-state index contributed by atoms with van der Waals surface area (Å²) in [6.45, 7) is 5.03. The summed E-state index contributed by atoms with van der Waals surface area (Å²) in [5, 5.41) is 11.1. The van der Waals surface area contributed by atoms with Crippen molar-refractivity contribution < 1.29 is 23.8 Å². The Labute approximate surface area is 117 Å². The SMILES string of the molecule is CC(C)(C)OC(=O)Nc1cc(C(=O)O)cc(F)c1Br. The van der Waals surface area contributed by atoms with Gasteiger partial charge in [0.15, 0.2) is 0 Å². The van der Waals surface area contributed by atoms with Gasteiger partial charge in [0.25, 0.3) is 0 Å². The van der Waals surface area contributed by atoms with E-state index in [9.17, 15) is 14.0 Å². The second kappa shape index (κ2) is 5.56. The summed E-state index contributed by atoms with van der Waals surface area (Å²) >= 11 is 2.93. The molecule has 1 amide bonds. The van der Waals surface area contributed by atoms with Crippen LogP contribution in [0.15, 0.2) is 16.6 Å². The molecule has 1 aromatic rings. The summed E-state index contributed by atoms with van der Waals surface area (Å²) in [5.41, 5.74) is -0.988. The number of carbonyl (C=O) groups is 2. The van der Waals surface area contributed by atoms with Crippen LogP contribution in [0.1, 0.15) is 31.1 Å². The van der Waals surface area contributed by atoms with Gasteiger partial charge in [-0.3, -0.25) is 5.32 Å². The van der Waals surface area contributed by atoms with Gasteiger partial charge < -0.3 is 9.84 Å². The highest BCUT2D eigenvalue weighted by atomic mass is 79.9. The highest BCUT2D eigenvalue weighted by molar-refractivity contribution is 9.10. The summed E-state index contributed by atoms with van der Waals surface area (Å²) in [5.74, 6) is -2.08. The van der Waals surface area contributed by atoms with Crippen LogP contribution < -0.4 is 5.32 Å². The van der Waals surface area contributed by atoms with Gasteiger partial charge in [0.2, 0.25) is 0 Å². The Morgan fingerprint density at radius 1 is 1.37 bits per heavy atom. The zero-order valence-electron chi connectivity index (χ0n) is 10.6. The Hall–Kier alpha value is -1.63. The Kier molecular flexibility index (Phi) is 4.52. The fourth-order valence-electron chi connectivity index (χ4n) is 1.22. The molecule has 0 spiro atoms. The molecule has 5 nitrogen and oxygen atoms in total. The van der Waals surface area contributed by atoms with Crippen LogP contribution in [0.3, 0.4) is 0 Å². The Balaban J connectivity index is 3.01. The van der Waals surface area contributed by atoms with E-state index in [1.807, 2.05) is 0 Å². The van der Waals surface area contributed by atoms with Crippen LogP contribution in [0.5, 0.6) is 0 Å². The second-order valence-corrected chi connectivity index (χ2v) is 5.54. The topological polar surface area (TPSA) is 75.6 Å². The molecular weight excluding hydrogens is 321 g/mol. The van der Waals surface area contributed by atoms with Crippen molar-refractivity contribution in [3.05, 3.63) is 28.0 Å². The largest absolute Gasteiger partial charge is 0.478 e. The second-order valence-electron chi connectivity index (χ2n) is 4.75. The lowest BCUT2D eigenvalue weighted by Gasteiger charge is -2.20. The first-order valence-electron chi connectivity index (χ1n) is 5.32. The van der Waals surface area contributed by atoms with Crippen molar-refractivity contribution in [3.63, 3.8) is 0 Å². The van der Waals surface area contributed by atoms with Gasteiger partial charge in [-0.2, -0.15) is 0 Å². The zero-order chi connectivity index (χ0) is 14.8. The molecule has 0 saturated carbocycles. The van der Waals surface area contributed by atoms with E-state index >= 15 is 0 Å². The van der Waals surface area contributed by atoms with Gasteiger partial charge in [-0.05, 0) is 48.8 Å². The number of aromatic carboxylic acids is 1. The number of nitrogens with one attached hydrogen (secondary N) is 1. The van der Waals surface area contributed by atoms with Gasteiger partial charge in [-0.15, -0.1) is 0 Å². The average Bonchev–Trinajstić information content (AvgIpc) is 2.21. The van der Waals surface area contributed by atoms with E-state index in [2.05, 4.69) is 21.2 Å². The fourth-order valence-corrected chi connectivity index (χ4v) is 1.55. The lowest BCUT2D eigenvalue weighted by Crippen LogP contribution is -2.27. The van der Waals surface area contributed by atoms with E-state index < -0.39 is 23.5 Å². The van der Waals surface area contributed by atoms with E-state index in [1.165, 1.54) is 0 Å². The molecule has 0 radical (unpaired) electrons. The number of hydrogen-bond donors (Lipinski definition) is 2. The van der Waals surface area contributed by atoms with Gasteiger partial charge in [0.05, 0.1) is 15.7 Å². The van der Waals surface area contributed by atoms with E-state index in [0.717, 1.165) is 12.1 Å². The zero-order valence-corrected chi connectivity index (χ0v) is 12.2. The van der Waals surface area contributed by atoms with Crippen molar-refractivity contribution in [2.45, 2.75) is 26.4 Å². The number of benzene rings is 1. The van der Waals surface area contributed by atoms with Crippen molar-refractivity contribution in [1.29, 1.82) is 0 Å². The number of halogens is 2. The van der Waals surface area contributed by atoms with E-state index in [0.29, 0.717) is 0 Å². The summed E-state index contributed by atoms with van der Waals surface area (Å²) in [6.07, 6.45) is -0.796. The number of ether oxygens (including phenoxy) is 1. The number of carboxylic acids is 1. The first kappa shape index (κ1) is 15.4. The molecule has 0 aliphatic rings. The maximum absolute atomic E-state index is 13.5. The lowest BCUT2D eigenvalue weighted by atomic mass is 10.2. The maximum Gasteiger partial charge on any atom is 0.412 e. The van der Waals surface area contributed by atoms with Crippen molar-refractivity contribution in [3.8, 4) is 0 Å². The first-order valence-corrected chi connectivity index (χ1v) is 6.12. The molecular formula is C12H13BrFNO4. The fraction of sp³-hybridized carbons (Fsp3) is 0.333. The summed E-state index contributed by atoms with van der Waals surface area (Å²) in [6, 6.07) is 1.99. The highest BCUT2D eigenvalue weighted by Gasteiger charge is 2.19. The average molecular weight is 334 g/mol. The molecule has 19 heavy (non-hydrogen) atoms. The van der Waals surface area contributed by atoms with Crippen LogP contribution in [0.2, 0.25) is 0 Å². The van der Waals surface area contributed by atoms with Crippen molar-refractivity contribution in [2.24, 2.45) is 0 Å². The van der Waals surface area contributed by atoms with Crippen LogP contribution in [0, 0.1) is 5.82 Å². The lowest BCUT2D eigenvalue weighted by molar-refractivity contribution is 0.0632. The van der Waals surface area contributed by atoms with Gasteiger partial charge in [-0.25, -0.2) is 14.0 Å². The normalized spacial score (nSPS) is 11.0. The van der Waals surface area contributed by atoms with E-state index in [-0.39, 0.29) is 15.7 Å². The number of hydrogen-bond acceptors (Lipinski definition) is 3. The van der Waals surface area contributed by atoms with Gasteiger partial charge in [0.1, 0.15) is 11.4 Å². The maximum atomic E-state index is 13.5. The van der Waals surface area contributed by atoms with Crippen molar-refractivity contribution in [2.75, 3.05) is 5.32 Å². The number of anilines is 1. The van der Waals surface area contributed by atoms with Gasteiger partial charge >= 0.3 is 12.1 Å². The molecule has 0 aromatic heterocycles. The summed E-state index contributed by atoms with van der Waals surface area (Å²) in [7, 11) is 0. The molecule has 2 N–H and O–H groups in total. The molecule has 0 aliphatic heterocycles. The predicted octanol–water partition coefficient (Wildman–Crippen LogP) is 3.63.